The SMILES string of the molecule is CCOc1cc2c(Nc3cc(C(=O)O)cc(C4CCCC4)c3)c(C(N)=O)cnc2cc1-c1cnc(OC)nc1OC. The Bertz CT molecular complexity index is 1630. The van der Waals surface area contributed by atoms with Gasteiger partial charge < -0.3 is 30.4 Å². The minimum Gasteiger partial charge on any atom is -0.493 e. The van der Waals surface area contributed by atoms with Crippen LogP contribution < -0.4 is 25.3 Å². The molecule has 4 aromatic rings. The Morgan fingerprint density at radius 3 is 2.46 bits per heavy atom. The van der Waals surface area contributed by atoms with Crippen LogP contribution in [0.1, 0.15) is 64.8 Å². The molecule has 11 nitrogen and oxygen atoms in total. The average molecular weight is 558 g/mol. The summed E-state index contributed by atoms with van der Waals surface area (Å²) in [6.07, 6.45) is 7.21. The summed E-state index contributed by atoms with van der Waals surface area (Å²) in [6.45, 7) is 2.21. The third kappa shape index (κ3) is 5.56. The lowest BCUT2D eigenvalue weighted by Gasteiger charge is -2.19. The zero-order valence-electron chi connectivity index (χ0n) is 23.1. The first-order valence-corrected chi connectivity index (χ1v) is 13.3. The van der Waals surface area contributed by atoms with Crippen LogP contribution in [-0.4, -0.2) is 52.8 Å². The summed E-state index contributed by atoms with van der Waals surface area (Å²) in [7, 11) is 2.96. The smallest absolute Gasteiger partial charge is 0.335 e. The number of nitrogens with one attached hydrogen (secondary N) is 1. The van der Waals surface area contributed by atoms with Gasteiger partial charge in [-0.05, 0) is 61.6 Å². The van der Waals surface area contributed by atoms with Crippen molar-refractivity contribution >= 4 is 34.2 Å². The Kier molecular flexibility index (Phi) is 7.86. The van der Waals surface area contributed by atoms with Gasteiger partial charge in [0.25, 0.3) is 5.91 Å². The molecule has 0 saturated heterocycles. The number of fused-ring (bicyclic) bond motifs is 1. The molecule has 0 aliphatic heterocycles. The highest BCUT2D eigenvalue weighted by Crippen LogP contribution is 2.42. The van der Waals surface area contributed by atoms with Gasteiger partial charge >= 0.3 is 12.0 Å². The summed E-state index contributed by atoms with van der Waals surface area (Å²) in [5.74, 6) is -0.659. The number of aromatic carboxylic acids is 1. The second kappa shape index (κ2) is 11.7. The third-order valence-electron chi connectivity index (χ3n) is 7.23. The number of amides is 1. The number of methoxy groups -OCH3 is 2. The number of carboxylic acid groups (broad SMARTS) is 1. The third-order valence-corrected chi connectivity index (χ3v) is 7.23. The molecule has 0 bridgehead atoms. The number of benzene rings is 2. The van der Waals surface area contributed by atoms with Gasteiger partial charge in [-0.1, -0.05) is 12.8 Å². The number of hydrogen-bond acceptors (Lipinski definition) is 9. The minimum atomic E-state index is -1.03. The lowest BCUT2D eigenvalue weighted by molar-refractivity contribution is 0.0696. The molecule has 41 heavy (non-hydrogen) atoms. The van der Waals surface area contributed by atoms with E-state index < -0.39 is 11.9 Å². The fraction of sp³-hybridized carbons (Fsp3) is 0.300. The van der Waals surface area contributed by atoms with Crippen LogP contribution in [-0.2, 0) is 0 Å². The summed E-state index contributed by atoms with van der Waals surface area (Å²) < 4.78 is 16.6. The number of nitrogens with zero attached hydrogens (tertiary/aromatic N) is 3. The van der Waals surface area contributed by atoms with Crippen molar-refractivity contribution in [3.63, 3.8) is 0 Å². The number of carbonyl (C=O) groups is 2. The molecule has 0 radical (unpaired) electrons. The van der Waals surface area contributed by atoms with Gasteiger partial charge in [-0.15, -0.1) is 0 Å². The second-order valence-corrected chi connectivity index (χ2v) is 9.74. The number of anilines is 2. The van der Waals surface area contributed by atoms with Crippen LogP contribution in [0, 0.1) is 0 Å². The number of carbonyl (C=O) groups excluding carboxylic acids is 1. The van der Waals surface area contributed by atoms with Crippen molar-refractivity contribution in [2.45, 2.75) is 38.5 Å². The highest BCUT2D eigenvalue weighted by atomic mass is 16.5. The van der Waals surface area contributed by atoms with Crippen LogP contribution in [0.15, 0.2) is 42.7 Å². The van der Waals surface area contributed by atoms with E-state index in [1.807, 2.05) is 13.0 Å². The first-order chi connectivity index (χ1) is 19.8. The molecule has 0 atom stereocenters. The number of nitrogens with two attached hydrogens (primary N) is 1. The van der Waals surface area contributed by atoms with Gasteiger partial charge in [0.05, 0.1) is 48.7 Å². The molecule has 2 heterocycles. The highest BCUT2D eigenvalue weighted by molar-refractivity contribution is 6.09. The van der Waals surface area contributed by atoms with E-state index in [1.165, 1.54) is 20.4 Å². The lowest BCUT2D eigenvalue weighted by Crippen LogP contribution is -2.14. The van der Waals surface area contributed by atoms with Gasteiger partial charge in [-0.25, -0.2) is 9.78 Å². The number of pyridine rings is 1. The standard InChI is InChI=1S/C30H31N5O6/c1-4-41-25-13-21-24(12-20(25)22-14-33-30(40-3)35-28(22)39-2)32-15-23(27(31)36)26(21)34-19-10-17(16-7-5-6-8-16)9-18(11-19)29(37)38/h9-16H,4-8H2,1-3H3,(H2,31,36)(H,32,34)(H,37,38). The van der Waals surface area contributed by atoms with Crippen molar-refractivity contribution in [1.82, 2.24) is 15.0 Å². The van der Waals surface area contributed by atoms with Gasteiger partial charge in [-0.3, -0.25) is 9.78 Å². The van der Waals surface area contributed by atoms with E-state index in [4.69, 9.17) is 19.9 Å². The lowest BCUT2D eigenvalue weighted by atomic mass is 9.95. The molecule has 1 aliphatic rings. The Balaban J connectivity index is 1.69. The van der Waals surface area contributed by atoms with E-state index in [0.717, 1.165) is 31.2 Å². The van der Waals surface area contributed by atoms with Crippen molar-refractivity contribution < 1.29 is 28.9 Å². The van der Waals surface area contributed by atoms with Gasteiger partial charge in [0.15, 0.2) is 0 Å². The minimum absolute atomic E-state index is 0.153. The number of primary amides is 1. The van der Waals surface area contributed by atoms with Gasteiger partial charge in [0.2, 0.25) is 5.88 Å². The molecule has 0 unspecified atom stereocenters. The Morgan fingerprint density at radius 1 is 1.02 bits per heavy atom. The fourth-order valence-corrected chi connectivity index (χ4v) is 5.30. The van der Waals surface area contributed by atoms with Crippen molar-refractivity contribution in [1.29, 1.82) is 0 Å². The summed E-state index contributed by atoms with van der Waals surface area (Å²) in [4.78, 5) is 37.5. The summed E-state index contributed by atoms with van der Waals surface area (Å²) in [5.41, 5.74) is 9.68. The second-order valence-electron chi connectivity index (χ2n) is 9.74. The number of ether oxygens (including phenoxy) is 3. The number of rotatable bonds is 10. The number of carboxylic acids is 1. The molecule has 11 heteroatoms. The first-order valence-electron chi connectivity index (χ1n) is 13.3. The summed E-state index contributed by atoms with van der Waals surface area (Å²) >= 11 is 0. The van der Waals surface area contributed by atoms with Crippen LogP contribution in [0.3, 0.4) is 0 Å². The number of aromatic nitrogens is 3. The number of hydrogen-bond donors (Lipinski definition) is 3. The van der Waals surface area contributed by atoms with Crippen LogP contribution in [0.4, 0.5) is 11.4 Å². The van der Waals surface area contributed by atoms with Crippen molar-refractivity contribution in [2.75, 3.05) is 26.1 Å². The molecule has 1 aliphatic carbocycles. The maximum absolute atomic E-state index is 12.5. The van der Waals surface area contributed by atoms with Gasteiger partial charge in [0, 0.05) is 29.0 Å². The molecular formula is C30H31N5O6. The monoisotopic (exact) mass is 557 g/mol. The normalized spacial score (nSPS) is 13.2. The molecule has 4 N–H and O–H groups in total. The molecule has 1 fully saturated rings. The maximum atomic E-state index is 12.5. The van der Waals surface area contributed by atoms with E-state index in [2.05, 4.69) is 20.3 Å². The molecular weight excluding hydrogens is 526 g/mol. The molecule has 2 aromatic carbocycles. The quantitative estimate of drug-likeness (QED) is 0.233. The zero-order chi connectivity index (χ0) is 29.1. The van der Waals surface area contributed by atoms with Crippen molar-refractivity contribution in [2.24, 2.45) is 5.73 Å². The van der Waals surface area contributed by atoms with Crippen LogP contribution in [0.5, 0.6) is 17.6 Å². The average Bonchev–Trinajstić information content (AvgIpc) is 3.52. The van der Waals surface area contributed by atoms with E-state index in [9.17, 15) is 14.7 Å². The molecule has 2 aromatic heterocycles. The molecule has 1 saturated carbocycles. The van der Waals surface area contributed by atoms with E-state index >= 15 is 0 Å². The fourth-order valence-electron chi connectivity index (χ4n) is 5.30. The predicted molar refractivity (Wildman–Crippen MR) is 153 cm³/mol. The van der Waals surface area contributed by atoms with E-state index in [0.29, 0.717) is 45.8 Å². The topological polar surface area (TPSA) is 159 Å². The van der Waals surface area contributed by atoms with Crippen LogP contribution in [0.25, 0.3) is 22.0 Å². The summed E-state index contributed by atoms with van der Waals surface area (Å²) in [5, 5.41) is 13.7. The van der Waals surface area contributed by atoms with Crippen LogP contribution in [0.2, 0.25) is 0 Å². The van der Waals surface area contributed by atoms with Crippen LogP contribution >= 0.6 is 0 Å². The molecule has 0 spiro atoms. The van der Waals surface area contributed by atoms with E-state index in [1.54, 1.807) is 30.5 Å². The highest BCUT2D eigenvalue weighted by Gasteiger charge is 2.23. The van der Waals surface area contributed by atoms with Crippen molar-refractivity contribution in [3.05, 3.63) is 59.4 Å². The molecule has 5 rings (SSSR count). The molecule has 1 amide bonds. The predicted octanol–water partition coefficient (Wildman–Crippen LogP) is 5.31. The zero-order valence-corrected chi connectivity index (χ0v) is 23.1. The van der Waals surface area contributed by atoms with Gasteiger partial charge in [0.1, 0.15) is 5.75 Å². The maximum Gasteiger partial charge on any atom is 0.335 e. The summed E-state index contributed by atoms with van der Waals surface area (Å²) in [6, 6.07) is 8.93. The Labute approximate surface area is 236 Å². The van der Waals surface area contributed by atoms with Crippen molar-refractivity contribution in [3.8, 4) is 28.8 Å². The molecule has 212 valence electrons. The Hall–Kier alpha value is -4.93. The Morgan fingerprint density at radius 2 is 1.80 bits per heavy atom. The van der Waals surface area contributed by atoms with Gasteiger partial charge in [-0.2, -0.15) is 4.98 Å². The first kappa shape index (κ1) is 27.6. The largest absolute Gasteiger partial charge is 0.493 e. The van der Waals surface area contributed by atoms with E-state index in [-0.39, 0.29) is 28.9 Å².